The minimum Gasteiger partial charge on any atom is -0.497 e. The highest BCUT2D eigenvalue weighted by Gasteiger charge is 2.27. The van der Waals surface area contributed by atoms with Gasteiger partial charge in [-0.25, -0.2) is 0 Å². The highest BCUT2D eigenvalue weighted by atomic mass is 35.5. The van der Waals surface area contributed by atoms with Crippen LogP contribution in [0, 0.1) is 0 Å². The van der Waals surface area contributed by atoms with Gasteiger partial charge in [0.05, 0.1) is 19.8 Å². The van der Waals surface area contributed by atoms with E-state index in [1.54, 1.807) is 56.7 Å². The van der Waals surface area contributed by atoms with Gasteiger partial charge < -0.3 is 14.2 Å². The Morgan fingerprint density at radius 1 is 1.09 bits per heavy atom. The lowest BCUT2D eigenvalue weighted by Gasteiger charge is -2.07. The molecule has 0 atom stereocenters. The first-order valence-corrected chi connectivity index (χ1v) is 6.96. The van der Waals surface area contributed by atoms with E-state index in [0.717, 1.165) is 0 Å². The minimum atomic E-state index is -0.206. The number of hydrogen-bond donors (Lipinski definition) is 0. The van der Waals surface area contributed by atoms with Crippen LogP contribution in [0.4, 0.5) is 0 Å². The smallest absolute Gasteiger partial charge is 0.232 e. The Kier molecular flexibility index (Phi) is 3.77. The molecule has 0 saturated carbocycles. The fourth-order valence-corrected chi connectivity index (χ4v) is 2.43. The standard InChI is InChI=1S/C17H13ClO4/c1-20-12-4-6-14(21-2)10(7-12)8-16-17(19)13-9-11(18)3-5-15(13)22-16/h3-9H,1-2H3/b16-8-. The normalized spacial score (nSPS) is 14.7. The Morgan fingerprint density at radius 2 is 1.91 bits per heavy atom. The second kappa shape index (κ2) is 5.73. The summed E-state index contributed by atoms with van der Waals surface area (Å²) in [5.74, 6) is 1.81. The molecule has 0 bridgehead atoms. The van der Waals surface area contributed by atoms with Crippen LogP contribution in [0.5, 0.6) is 17.2 Å². The van der Waals surface area contributed by atoms with Crippen molar-refractivity contribution in [2.75, 3.05) is 14.2 Å². The maximum atomic E-state index is 12.4. The largest absolute Gasteiger partial charge is 0.497 e. The van der Waals surface area contributed by atoms with Crippen LogP contribution in [0.2, 0.25) is 5.02 Å². The molecule has 22 heavy (non-hydrogen) atoms. The molecule has 0 N–H and O–H groups in total. The predicted octanol–water partition coefficient (Wildman–Crippen LogP) is 3.97. The first-order chi connectivity index (χ1) is 10.6. The van der Waals surface area contributed by atoms with Crippen molar-refractivity contribution in [2.45, 2.75) is 0 Å². The molecule has 0 spiro atoms. The minimum absolute atomic E-state index is 0.206. The van der Waals surface area contributed by atoms with Gasteiger partial charge in [-0.15, -0.1) is 0 Å². The molecule has 4 nitrogen and oxygen atoms in total. The lowest BCUT2D eigenvalue weighted by atomic mass is 10.1. The zero-order valence-corrected chi connectivity index (χ0v) is 12.8. The Balaban J connectivity index is 2.02. The third-order valence-electron chi connectivity index (χ3n) is 3.35. The number of carbonyl (C=O) groups is 1. The van der Waals surface area contributed by atoms with Crippen molar-refractivity contribution in [3.8, 4) is 17.2 Å². The molecular formula is C17H13ClO4. The van der Waals surface area contributed by atoms with Gasteiger partial charge in [0.25, 0.3) is 0 Å². The van der Waals surface area contributed by atoms with Crippen molar-refractivity contribution in [1.29, 1.82) is 0 Å². The summed E-state index contributed by atoms with van der Waals surface area (Å²) >= 11 is 5.92. The zero-order valence-electron chi connectivity index (χ0n) is 12.1. The Morgan fingerprint density at radius 3 is 2.64 bits per heavy atom. The molecule has 0 fully saturated rings. The summed E-state index contributed by atoms with van der Waals surface area (Å²) in [6.07, 6.45) is 1.64. The van der Waals surface area contributed by atoms with E-state index >= 15 is 0 Å². The summed E-state index contributed by atoms with van der Waals surface area (Å²) in [6, 6.07) is 10.3. The first-order valence-electron chi connectivity index (χ1n) is 6.58. The van der Waals surface area contributed by atoms with Gasteiger partial charge in [-0.2, -0.15) is 0 Å². The van der Waals surface area contributed by atoms with Crippen molar-refractivity contribution in [1.82, 2.24) is 0 Å². The SMILES string of the molecule is COc1ccc(OC)c(/C=C2\Oc3ccc(Cl)cc3C2=O)c1. The molecule has 0 unspecified atom stereocenters. The van der Waals surface area contributed by atoms with Crippen molar-refractivity contribution in [3.63, 3.8) is 0 Å². The molecular weight excluding hydrogens is 304 g/mol. The predicted molar refractivity (Wildman–Crippen MR) is 83.9 cm³/mol. The van der Waals surface area contributed by atoms with Crippen LogP contribution in [-0.2, 0) is 0 Å². The van der Waals surface area contributed by atoms with Gasteiger partial charge in [-0.3, -0.25) is 4.79 Å². The quantitative estimate of drug-likeness (QED) is 0.804. The van der Waals surface area contributed by atoms with Crippen LogP contribution in [0.1, 0.15) is 15.9 Å². The van der Waals surface area contributed by atoms with E-state index in [1.807, 2.05) is 0 Å². The number of carbonyl (C=O) groups excluding carboxylic acids is 1. The molecule has 0 aromatic heterocycles. The maximum Gasteiger partial charge on any atom is 0.232 e. The number of methoxy groups -OCH3 is 2. The Labute approximate surface area is 132 Å². The molecule has 2 aromatic carbocycles. The summed E-state index contributed by atoms with van der Waals surface area (Å²) in [6.45, 7) is 0. The Bertz CT molecular complexity index is 780. The molecule has 3 rings (SSSR count). The molecule has 1 heterocycles. The lowest BCUT2D eigenvalue weighted by molar-refractivity contribution is 0.101. The first kappa shape index (κ1) is 14.5. The van der Waals surface area contributed by atoms with Gasteiger partial charge in [0.2, 0.25) is 5.78 Å². The summed E-state index contributed by atoms with van der Waals surface area (Å²) < 4.78 is 16.1. The van der Waals surface area contributed by atoms with Crippen molar-refractivity contribution in [2.24, 2.45) is 0 Å². The van der Waals surface area contributed by atoms with E-state index in [0.29, 0.717) is 33.4 Å². The lowest BCUT2D eigenvalue weighted by Crippen LogP contribution is -1.99. The second-order valence-electron chi connectivity index (χ2n) is 4.69. The van der Waals surface area contributed by atoms with Gasteiger partial charge in [-0.05, 0) is 42.5 Å². The Hall–Kier alpha value is -2.46. The molecule has 0 amide bonds. The highest BCUT2D eigenvalue weighted by Crippen LogP contribution is 2.35. The van der Waals surface area contributed by atoms with Crippen LogP contribution in [-0.4, -0.2) is 20.0 Å². The summed E-state index contributed by atoms with van der Waals surface area (Å²) in [7, 11) is 3.14. The highest BCUT2D eigenvalue weighted by molar-refractivity contribution is 6.31. The van der Waals surface area contributed by atoms with Gasteiger partial charge in [0.1, 0.15) is 17.2 Å². The average Bonchev–Trinajstić information content (AvgIpc) is 2.83. The van der Waals surface area contributed by atoms with Crippen molar-refractivity contribution in [3.05, 3.63) is 58.3 Å². The van der Waals surface area contributed by atoms with E-state index in [9.17, 15) is 4.79 Å². The monoisotopic (exact) mass is 316 g/mol. The molecule has 1 aliphatic rings. The zero-order chi connectivity index (χ0) is 15.7. The number of allylic oxidation sites excluding steroid dienone is 1. The van der Waals surface area contributed by atoms with E-state index in [-0.39, 0.29) is 11.5 Å². The number of halogens is 1. The van der Waals surface area contributed by atoms with E-state index in [4.69, 9.17) is 25.8 Å². The van der Waals surface area contributed by atoms with Gasteiger partial charge in [0.15, 0.2) is 5.76 Å². The van der Waals surface area contributed by atoms with Crippen molar-refractivity contribution < 1.29 is 19.0 Å². The topological polar surface area (TPSA) is 44.8 Å². The number of benzene rings is 2. The van der Waals surface area contributed by atoms with Crippen molar-refractivity contribution >= 4 is 23.5 Å². The fourth-order valence-electron chi connectivity index (χ4n) is 2.25. The molecule has 0 radical (unpaired) electrons. The number of ketones is 1. The summed E-state index contributed by atoms with van der Waals surface area (Å²) in [5, 5.41) is 0.496. The number of Topliss-reactive ketones (excluding diaryl/α,β-unsaturated/α-hetero) is 1. The van der Waals surface area contributed by atoms with Crippen LogP contribution >= 0.6 is 11.6 Å². The van der Waals surface area contributed by atoms with Gasteiger partial charge >= 0.3 is 0 Å². The summed E-state index contributed by atoms with van der Waals surface area (Å²) in [4.78, 5) is 12.4. The number of ether oxygens (including phenoxy) is 3. The molecule has 0 aliphatic carbocycles. The number of rotatable bonds is 3. The second-order valence-corrected chi connectivity index (χ2v) is 5.12. The molecule has 2 aromatic rings. The van der Waals surface area contributed by atoms with E-state index < -0.39 is 0 Å². The van der Waals surface area contributed by atoms with Crippen LogP contribution in [0.15, 0.2) is 42.2 Å². The van der Waals surface area contributed by atoms with Crippen LogP contribution in [0.3, 0.4) is 0 Å². The maximum absolute atomic E-state index is 12.4. The van der Waals surface area contributed by atoms with Gasteiger partial charge in [0, 0.05) is 10.6 Å². The number of fused-ring (bicyclic) bond motifs is 1. The van der Waals surface area contributed by atoms with E-state index in [1.165, 1.54) is 0 Å². The van der Waals surface area contributed by atoms with Gasteiger partial charge in [-0.1, -0.05) is 11.6 Å². The molecule has 1 aliphatic heterocycles. The van der Waals surface area contributed by atoms with Crippen LogP contribution in [0.25, 0.3) is 6.08 Å². The third-order valence-corrected chi connectivity index (χ3v) is 3.59. The fraction of sp³-hybridized carbons (Fsp3) is 0.118. The third kappa shape index (κ3) is 2.53. The summed E-state index contributed by atoms with van der Waals surface area (Å²) in [5.41, 5.74) is 1.16. The molecule has 112 valence electrons. The molecule has 0 saturated heterocycles. The number of hydrogen-bond acceptors (Lipinski definition) is 4. The molecule has 5 heteroatoms. The average molecular weight is 317 g/mol. The van der Waals surface area contributed by atoms with E-state index in [2.05, 4.69) is 0 Å². The van der Waals surface area contributed by atoms with Crippen LogP contribution < -0.4 is 14.2 Å².